The van der Waals surface area contributed by atoms with Gasteiger partial charge in [0.15, 0.2) is 0 Å². The second kappa shape index (κ2) is 7.54. The van der Waals surface area contributed by atoms with Crippen molar-refractivity contribution < 1.29 is 17.7 Å². The fourth-order valence-electron chi connectivity index (χ4n) is 3.77. The minimum Gasteiger partial charge on any atom is -0.368 e. The molecule has 3 aromatic rings. The molecule has 0 bridgehead atoms. The fraction of sp³-hybridized carbons (Fsp3) is 0.318. The number of alkyl halides is 3. The van der Waals surface area contributed by atoms with Crippen LogP contribution in [0.25, 0.3) is 22.8 Å². The van der Waals surface area contributed by atoms with Gasteiger partial charge in [0.05, 0.1) is 5.56 Å². The zero-order valence-corrected chi connectivity index (χ0v) is 16.0. The van der Waals surface area contributed by atoms with Gasteiger partial charge in [-0.05, 0) is 62.9 Å². The molecule has 4 rings (SSSR count). The summed E-state index contributed by atoms with van der Waals surface area (Å²) in [5.41, 5.74) is 1.26. The largest absolute Gasteiger partial charge is 0.418 e. The van der Waals surface area contributed by atoms with Crippen molar-refractivity contribution in [2.45, 2.75) is 38.4 Å². The molecule has 1 aliphatic rings. The van der Waals surface area contributed by atoms with Crippen LogP contribution in [0.15, 0.2) is 47.0 Å². The van der Waals surface area contributed by atoms with E-state index in [0.29, 0.717) is 17.9 Å². The number of nitrogens with zero attached hydrogens (tertiary/aromatic N) is 3. The quantitative estimate of drug-likeness (QED) is 0.542. The Balaban J connectivity index is 1.72. The van der Waals surface area contributed by atoms with Crippen LogP contribution in [-0.2, 0) is 6.18 Å². The number of hydrogen-bond acceptors (Lipinski definition) is 4. The van der Waals surface area contributed by atoms with Crippen LogP contribution in [0.4, 0.5) is 18.9 Å². The molecule has 1 atom stereocenters. The van der Waals surface area contributed by atoms with E-state index in [9.17, 15) is 13.2 Å². The topological polar surface area (TPSA) is 42.2 Å². The van der Waals surface area contributed by atoms with Crippen LogP contribution < -0.4 is 4.90 Å². The van der Waals surface area contributed by atoms with E-state index < -0.39 is 11.7 Å². The van der Waals surface area contributed by atoms with E-state index >= 15 is 0 Å². The van der Waals surface area contributed by atoms with Gasteiger partial charge in [-0.15, -0.1) is 0 Å². The average molecular weight is 400 g/mol. The van der Waals surface area contributed by atoms with Crippen molar-refractivity contribution >= 4 is 5.69 Å². The molecule has 29 heavy (non-hydrogen) atoms. The molecule has 151 valence electrons. The lowest BCUT2D eigenvalue weighted by Crippen LogP contribution is -2.38. The van der Waals surface area contributed by atoms with E-state index in [4.69, 9.17) is 4.52 Å². The van der Waals surface area contributed by atoms with Crippen LogP contribution in [-0.4, -0.2) is 22.7 Å². The van der Waals surface area contributed by atoms with Gasteiger partial charge in [-0.2, -0.15) is 18.2 Å². The zero-order valence-electron chi connectivity index (χ0n) is 16.0. The van der Waals surface area contributed by atoms with E-state index in [0.717, 1.165) is 30.9 Å². The highest BCUT2D eigenvalue weighted by Crippen LogP contribution is 2.40. The second-order valence-electron chi connectivity index (χ2n) is 7.39. The summed E-state index contributed by atoms with van der Waals surface area (Å²) >= 11 is 0. The number of rotatable bonds is 3. The molecule has 7 heteroatoms. The molecule has 1 saturated heterocycles. The highest BCUT2D eigenvalue weighted by molar-refractivity contribution is 5.67. The summed E-state index contributed by atoms with van der Waals surface area (Å²) in [7, 11) is 0. The Hall–Kier alpha value is -2.83. The monoisotopic (exact) mass is 400 g/mol. The smallest absolute Gasteiger partial charge is 0.368 e. The standard InChI is InChI=1S/C22H21F3N3O/c1-14-6-5-8-16(12-14)20-26-21(29-27-20)17-9-10-19(18(13-17)22(23,24)25)28-11-4-3-7-15(28)2/h5-6,8-10,12-13,15H,1,3-4,7,11H2,2H3. The number of halogens is 3. The van der Waals surface area contributed by atoms with Gasteiger partial charge >= 0.3 is 6.18 Å². The van der Waals surface area contributed by atoms with E-state index in [1.54, 1.807) is 18.2 Å². The molecule has 0 aliphatic carbocycles. The highest BCUT2D eigenvalue weighted by atomic mass is 19.4. The Kier molecular flexibility index (Phi) is 5.06. The predicted molar refractivity (Wildman–Crippen MR) is 105 cm³/mol. The van der Waals surface area contributed by atoms with Crippen LogP contribution in [0.5, 0.6) is 0 Å². The maximum Gasteiger partial charge on any atom is 0.418 e. The Bertz CT molecular complexity index is 1010. The minimum absolute atomic E-state index is 0.0539. The summed E-state index contributed by atoms with van der Waals surface area (Å²) in [4.78, 5) is 6.13. The van der Waals surface area contributed by atoms with Crippen molar-refractivity contribution in [3.63, 3.8) is 0 Å². The zero-order chi connectivity index (χ0) is 20.6. The van der Waals surface area contributed by atoms with Crippen molar-refractivity contribution in [2.75, 3.05) is 11.4 Å². The van der Waals surface area contributed by atoms with Gasteiger partial charge in [-0.1, -0.05) is 23.4 Å². The molecule has 2 aromatic carbocycles. The molecule has 1 aromatic heterocycles. The maximum absolute atomic E-state index is 13.8. The number of benzene rings is 2. The predicted octanol–water partition coefficient (Wildman–Crippen LogP) is 5.98. The fourth-order valence-corrected chi connectivity index (χ4v) is 3.77. The van der Waals surface area contributed by atoms with Gasteiger partial charge in [0.25, 0.3) is 5.89 Å². The van der Waals surface area contributed by atoms with Crippen molar-refractivity contribution in [1.29, 1.82) is 0 Å². The summed E-state index contributed by atoms with van der Waals surface area (Å²) in [6.45, 7) is 6.44. The van der Waals surface area contributed by atoms with E-state index in [1.807, 2.05) is 24.0 Å². The first-order chi connectivity index (χ1) is 13.8. The molecule has 2 heterocycles. The first-order valence-electron chi connectivity index (χ1n) is 9.57. The number of anilines is 1. The van der Waals surface area contributed by atoms with Crippen molar-refractivity contribution in [1.82, 2.24) is 10.1 Å². The molecule has 1 fully saturated rings. The first kappa shape index (κ1) is 19.5. The van der Waals surface area contributed by atoms with Crippen molar-refractivity contribution in [3.05, 3.63) is 60.5 Å². The molecule has 4 nitrogen and oxygen atoms in total. The van der Waals surface area contributed by atoms with Gasteiger partial charge in [-0.25, -0.2) is 0 Å². The number of aromatic nitrogens is 2. The third-order valence-corrected chi connectivity index (χ3v) is 5.27. The molecule has 1 unspecified atom stereocenters. The lowest BCUT2D eigenvalue weighted by molar-refractivity contribution is -0.137. The van der Waals surface area contributed by atoms with Crippen molar-refractivity contribution in [3.8, 4) is 22.8 Å². The van der Waals surface area contributed by atoms with E-state index in [-0.39, 0.29) is 23.2 Å². The normalized spacial score (nSPS) is 17.6. The van der Waals surface area contributed by atoms with Crippen molar-refractivity contribution in [2.24, 2.45) is 0 Å². The second-order valence-corrected chi connectivity index (χ2v) is 7.39. The Morgan fingerprint density at radius 1 is 1.10 bits per heavy atom. The summed E-state index contributed by atoms with van der Waals surface area (Å²) in [5.74, 6) is 0.367. The number of piperidine rings is 1. The maximum atomic E-state index is 13.8. The van der Waals surface area contributed by atoms with Gasteiger partial charge in [0.2, 0.25) is 5.82 Å². The summed E-state index contributed by atoms with van der Waals surface area (Å²) in [6.07, 6.45) is -1.66. The van der Waals surface area contributed by atoms with Crippen LogP contribution in [0.1, 0.15) is 37.3 Å². The molecule has 1 aliphatic heterocycles. The van der Waals surface area contributed by atoms with Gasteiger partial charge < -0.3 is 9.42 Å². The molecule has 0 spiro atoms. The molecule has 0 amide bonds. The average Bonchev–Trinajstić information content (AvgIpc) is 3.18. The third kappa shape index (κ3) is 3.99. The number of hydrogen-bond donors (Lipinski definition) is 0. The van der Waals surface area contributed by atoms with Gasteiger partial charge in [-0.3, -0.25) is 0 Å². The molecule has 0 N–H and O–H groups in total. The summed E-state index contributed by atoms with van der Waals surface area (Å²) < 4.78 is 46.8. The Morgan fingerprint density at radius 2 is 1.93 bits per heavy atom. The summed E-state index contributed by atoms with van der Waals surface area (Å²) in [6, 6.07) is 11.5. The lowest BCUT2D eigenvalue weighted by Gasteiger charge is -2.37. The minimum atomic E-state index is -4.48. The third-order valence-electron chi connectivity index (χ3n) is 5.27. The van der Waals surface area contributed by atoms with E-state index in [1.165, 1.54) is 6.07 Å². The van der Waals surface area contributed by atoms with E-state index in [2.05, 4.69) is 17.1 Å². The molecule has 0 saturated carbocycles. The van der Waals surface area contributed by atoms with Crippen LogP contribution in [0, 0.1) is 6.92 Å². The lowest BCUT2D eigenvalue weighted by atomic mass is 9.99. The molecule has 1 radical (unpaired) electrons. The van der Waals surface area contributed by atoms with Gasteiger partial charge in [0, 0.05) is 29.4 Å². The highest BCUT2D eigenvalue weighted by Gasteiger charge is 2.37. The SMILES string of the molecule is [CH2]c1cccc(-c2noc(-c3ccc(N4CCCCC4C)c(C(F)(F)F)c3)n2)c1. The Labute approximate surface area is 167 Å². The summed E-state index contributed by atoms with van der Waals surface area (Å²) in [5, 5.41) is 3.91. The molecular weight excluding hydrogens is 379 g/mol. The molecular formula is C22H21F3N3O. The van der Waals surface area contributed by atoms with Crippen LogP contribution >= 0.6 is 0 Å². The van der Waals surface area contributed by atoms with Gasteiger partial charge in [0.1, 0.15) is 0 Å². The first-order valence-corrected chi connectivity index (χ1v) is 9.57. The Morgan fingerprint density at radius 3 is 2.66 bits per heavy atom. The van der Waals surface area contributed by atoms with Crippen LogP contribution in [0.3, 0.4) is 0 Å². The van der Waals surface area contributed by atoms with Crippen LogP contribution in [0.2, 0.25) is 0 Å².